The molecule has 3 unspecified atom stereocenters. The molecule has 172 valence electrons. The Bertz CT molecular complexity index is 642. The topological polar surface area (TPSA) is 187 Å². The van der Waals surface area contributed by atoms with Crippen molar-refractivity contribution >= 4 is 5.97 Å². The number of carbonyl (C=O) groups is 1. The van der Waals surface area contributed by atoms with Crippen LogP contribution in [0.2, 0.25) is 0 Å². The van der Waals surface area contributed by atoms with Crippen LogP contribution in [0, 0.1) is 54.0 Å². The van der Waals surface area contributed by atoms with E-state index in [-0.39, 0.29) is 13.0 Å². The van der Waals surface area contributed by atoms with Crippen LogP contribution in [0.15, 0.2) is 0 Å². The van der Waals surface area contributed by atoms with Crippen LogP contribution in [0.5, 0.6) is 0 Å². The zero-order chi connectivity index (χ0) is 23.1. The second-order valence-corrected chi connectivity index (χ2v) is 7.88. The van der Waals surface area contributed by atoms with E-state index in [1.807, 2.05) is 0 Å². The summed E-state index contributed by atoms with van der Waals surface area (Å²) in [5, 5.41) is 30.4. The summed E-state index contributed by atoms with van der Waals surface area (Å²) < 4.78 is 0. The summed E-state index contributed by atoms with van der Waals surface area (Å²) in [6, 6.07) is 0. The lowest BCUT2D eigenvalue weighted by Gasteiger charge is -2.37. The van der Waals surface area contributed by atoms with Gasteiger partial charge < -0.3 is 19.4 Å². The maximum absolute atomic E-state index is 12.1. The summed E-state index contributed by atoms with van der Waals surface area (Å²) in [4.78, 5) is 63.1. The van der Waals surface area contributed by atoms with E-state index in [2.05, 4.69) is 14.5 Å². The van der Waals surface area contributed by atoms with Gasteiger partial charge in [-0.3, -0.25) is 4.79 Å². The van der Waals surface area contributed by atoms with E-state index in [1.54, 1.807) is 27.7 Å². The molecule has 0 aromatic rings. The Morgan fingerprint density at radius 2 is 1.43 bits per heavy atom. The zero-order valence-electron chi connectivity index (χ0n) is 17.1. The first-order valence-corrected chi connectivity index (χ1v) is 9.14. The monoisotopic (exact) mass is 438 g/mol. The molecule has 1 aliphatic rings. The van der Waals surface area contributed by atoms with Crippen LogP contribution in [0.25, 0.3) is 0 Å². The highest BCUT2D eigenvalue weighted by molar-refractivity contribution is 5.71. The number of hydroxylamine groups is 2. The van der Waals surface area contributed by atoms with Gasteiger partial charge >= 0.3 is 5.97 Å². The van der Waals surface area contributed by atoms with Gasteiger partial charge in [-0.25, -0.2) is 0 Å². The first-order valence-electron chi connectivity index (χ1n) is 9.14. The van der Waals surface area contributed by atoms with Gasteiger partial charge in [0.1, 0.15) is 13.2 Å². The molecule has 0 aromatic heterocycles. The van der Waals surface area contributed by atoms with Crippen LogP contribution in [0.1, 0.15) is 34.1 Å². The quantitative estimate of drug-likeness (QED) is 0.330. The SMILES string of the molecule is CC(C)C(=O)ON1CC(CO[N+](=O)[O-])C(CO[N+](=O)[O-])C(CO[N+](=O)[O-])CC1(C)C. The molecular formula is C15H26N4O11. The third-order valence-electron chi connectivity index (χ3n) is 4.88. The van der Waals surface area contributed by atoms with Gasteiger partial charge in [-0.05, 0) is 32.1 Å². The van der Waals surface area contributed by atoms with E-state index in [0.29, 0.717) is 0 Å². The molecule has 0 aliphatic carbocycles. The number of hydrogen-bond donors (Lipinski definition) is 0. The molecule has 0 radical (unpaired) electrons. The van der Waals surface area contributed by atoms with Crippen molar-refractivity contribution < 1.29 is 39.4 Å². The van der Waals surface area contributed by atoms with Crippen molar-refractivity contribution in [3.05, 3.63) is 30.3 Å². The molecule has 1 rings (SSSR count). The molecule has 15 nitrogen and oxygen atoms in total. The summed E-state index contributed by atoms with van der Waals surface area (Å²) in [6.45, 7) is 5.20. The molecule has 0 saturated carbocycles. The zero-order valence-corrected chi connectivity index (χ0v) is 17.1. The van der Waals surface area contributed by atoms with Crippen molar-refractivity contribution in [2.24, 2.45) is 23.7 Å². The molecule has 1 fully saturated rings. The molecule has 0 amide bonds. The van der Waals surface area contributed by atoms with Crippen LogP contribution in [-0.2, 0) is 24.1 Å². The van der Waals surface area contributed by atoms with Gasteiger partial charge in [-0.1, -0.05) is 13.8 Å². The fourth-order valence-electron chi connectivity index (χ4n) is 3.34. The van der Waals surface area contributed by atoms with Crippen molar-refractivity contribution in [1.82, 2.24) is 5.06 Å². The lowest BCUT2D eigenvalue weighted by Crippen LogP contribution is -2.47. The van der Waals surface area contributed by atoms with Crippen LogP contribution in [0.4, 0.5) is 0 Å². The van der Waals surface area contributed by atoms with E-state index >= 15 is 0 Å². The minimum absolute atomic E-state index is 0.0694. The third kappa shape index (κ3) is 7.81. The first kappa shape index (κ1) is 25.1. The van der Waals surface area contributed by atoms with Gasteiger partial charge in [0.25, 0.3) is 15.3 Å². The first-order chi connectivity index (χ1) is 13.8. The fourth-order valence-corrected chi connectivity index (χ4v) is 3.34. The molecule has 1 saturated heterocycles. The summed E-state index contributed by atoms with van der Waals surface area (Å²) in [5.41, 5.74) is -0.870. The Balaban J connectivity index is 3.26. The second-order valence-electron chi connectivity index (χ2n) is 7.88. The van der Waals surface area contributed by atoms with E-state index in [9.17, 15) is 35.1 Å². The highest BCUT2D eigenvalue weighted by Gasteiger charge is 2.45. The van der Waals surface area contributed by atoms with Crippen LogP contribution >= 0.6 is 0 Å². The largest absolute Gasteiger partial charge is 0.367 e. The Morgan fingerprint density at radius 1 is 0.967 bits per heavy atom. The van der Waals surface area contributed by atoms with Crippen molar-refractivity contribution in [3.8, 4) is 0 Å². The van der Waals surface area contributed by atoms with Crippen LogP contribution in [-0.4, -0.2) is 58.2 Å². The van der Waals surface area contributed by atoms with Crippen LogP contribution < -0.4 is 0 Å². The average molecular weight is 438 g/mol. The number of hydrogen-bond acceptors (Lipinski definition) is 12. The Morgan fingerprint density at radius 3 is 1.90 bits per heavy atom. The van der Waals surface area contributed by atoms with Crippen molar-refractivity contribution in [1.29, 1.82) is 0 Å². The second kappa shape index (κ2) is 10.7. The Labute approximate surface area is 171 Å². The molecule has 0 aromatic carbocycles. The van der Waals surface area contributed by atoms with Crippen molar-refractivity contribution in [2.45, 2.75) is 39.7 Å². The van der Waals surface area contributed by atoms with Gasteiger partial charge in [-0.2, -0.15) is 0 Å². The standard InChI is InChI=1S/C15H26N4O11/c1-10(2)14(20)30-16-6-12(8-28-18(23)24)13(9-29-19(25)26)11(5-15(16,3)4)7-27-17(21)22/h10-13H,5-9H2,1-4H3. The summed E-state index contributed by atoms with van der Waals surface area (Å²) in [6.07, 6.45) is 0.160. The maximum Gasteiger partial charge on any atom is 0.327 e. The molecule has 1 heterocycles. The smallest absolute Gasteiger partial charge is 0.327 e. The molecule has 0 spiro atoms. The van der Waals surface area contributed by atoms with Gasteiger partial charge in [-0.15, -0.1) is 35.4 Å². The number of carbonyl (C=O) groups excluding carboxylic acids is 1. The molecule has 3 atom stereocenters. The van der Waals surface area contributed by atoms with E-state index in [0.717, 1.165) is 0 Å². The number of nitrogens with zero attached hydrogens (tertiary/aromatic N) is 4. The molecular weight excluding hydrogens is 412 g/mol. The van der Waals surface area contributed by atoms with Crippen molar-refractivity contribution in [2.75, 3.05) is 26.4 Å². The maximum atomic E-state index is 12.1. The lowest BCUT2D eigenvalue weighted by atomic mass is 9.79. The lowest BCUT2D eigenvalue weighted by molar-refractivity contribution is -0.766. The van der Waals surface area contributed by atoms with Gasteiger partial charge in [0.15, 0.2) is 0 Å². The highest BCUT2D eigenvalue weighted by atomic mass is 17.0. The summed E-state index contributed by atoms with van der Waals surface area (Å²) in [5.74, 6) is -3.28. The minimum atomic E-state index is -1.02. The van der Waals surface area contributed by atoms with E-state index in [1.165, 1.54) is 5.06 Å². The van der Waals surface area contributed by atoms with E-state index < -0.39 is 70.3 Å². The summed E-state index contributed by atoms with van der Waals surface area (Å²) >= 11 is 0. The summed E-state index contributed by atoms with van der Waals surface area (Å²) in [7, 11) is 0. The average Bonchev–Trinajstić information content (AvgIpc) is 2.70. The highest BCUT2D eigenvalue weighted by Crippen LogP contribution is 2.38. The molecule has 0 bridgehead atoms. The fraction of sp³-hybridized carbons (Fsp3) is 0.933. The predicted octanol–water partition coefficient (Wildman–Crippen LogP) is 1.06. The third-order valence-corrected chi connectivity index (χ3v) is 4.88. The molecule has 15 heteroatoms. The number of rotatable bonds is 11. The normalized spacial score (nSPS) is 23.8. The molecule has 30 heavy (non-hydrogen) atoms. The van der Waals surface area contributed by atoms with Gasteiger partial charge in [0, 0.05) is 12.5 Å². The molecule has 1 aliphatic heterocycles. The van der Waals surface area contributed by atoms with E-state index in [4.69, 9.17) is 4.84 Å². The van der Waals surface area contributed by atoms with Gasteiger partial charge in [0.2, 0.25) is 0 Å². The predicted molar refractivity (Wildman–Crippen MR) is 95.6 cm³/mol. The van der Waals surface area contributed by atoms with Gasteiger partial charge in [0.05, 0.1) is 18.1 Å². The minimum Gasteiger partial charge on any atom is -0.367 e. The molecule has 0 N–H and O–H groups in total. The van der Waals surface area contributed by atoms with Crippen molar-refractivity contribution in [3.63, 3.8) is 0 Å². The Kier molecular flexibility index (Phi) is 8.94. The Hall–Kier alpha value is -2.97. The van der Waals surface area contributed by atoms with Crippen LogP contribution in [0.3, 0.4) is 0 Å².